The molecule has 68 valence electrons. The van der Waals surface area contributed by atoms with Gasteiger partial charge < -0.3 is 5.73 Å². The summed E-state index contributed by atoms with van der Waals surface area (Å²) in [6.07, 6.45) is -2.55. The number of hydrogen-bond donors (Lipinski definition) is 1. The molecule has 0 aliphatic heterocycles. The van der Waals surface area contributed by atoms with Crippen LogP contribution in [0.4, 0.5) is 8.78 Å². The summed E-state index contributed by atoms with van der Waals surface area (Å²) in [5.41, 5.74) is 5.20. The fourth-order valence-electron chi connectivity index (χ4n) is 0.652. The van der Waals surface area contributed by atoms with E-state index in [0.717, 1.165) is 11.3 Å². The van der Waals surface area contributed by atoms with Gasteiger partial charge in [-0.1, -0.05) is 11.6 Å². The van der Waals surface area contributed by atoms with Crippen molar-refractivity contribution < 1.29 is 8.78 Å². The number of thiophene rings is 1. The number of rotatable bonds is 2. The second kappa shape index (κ2) is 4.00. The van der Waals surface area contributed by atoms with Gasteiger partial charge in [-0.05, 0) is 22.0 Å². The van der Waals surface area contributed by atoms with E-state index < -0.39 is 12.5 Å². The Morgan fingerprint density at radius 1 is 1.58 bits per heavy atom. The highest BCUT2D eigenvalue weighted by atomic mass is 79.9. The summed E-state index contributed by atoms with van der Waals surface area (Å²) in [6, 6.07) is 0.280. The molecule has 1 atom stereocenters. The lowest BCUT2D eigenvalue weighted by Crippen LogP contribution is -2.17. The Hall–Kier alpha value is 0.290. The minimum absolute atomic E-state index is 0.391. The van der Waals surface area contributed by atoms with Gasteiger partial charge in [-0.2, -0.15) is 0 Å². The predicted molar refractivity (Wildman–Crippen MR) is 50.0 cm³/mol. The molecule has 1 aromatic rings. The molecule has 2 N–H and O–H groups in total. The van der Waals surface area contributed by atoms with E-state index in [-0.39, 0.29) is 0 Å². The maximum absolute atomic E-state index is 12.1. The number of hydrogen-bond acceptors (Lipinski definition) is 2. The van der Waals surface area contributed by atoms with Crippen LogP contribution in [-0.4, -0.2) is 6.43 Å². The first-order chi connectivity index (χ1) is 5.52. The third-order valence-electron chi connectivity index (χ3n) is 1.26. The van der Waals surface area contributed by atoms with Crippen LogP contribution in [0.2, 0.25) is 4.34 Å². The lowest BCUT2D eigenvalue weighted by atomic mass is 10.3. The summed E-state index contributed by atoms with van der Waals surface area (Å²) in [4.78, 5) is 0.391. The van der Waals surface area contributed by atoms with Gasteiger partial charge in [-0.25, -0.2) is 8.78 Å². The molecule has 0 radical (unpaired) electrons. The van der Waals surface area contributed by atoms with E-state index in [1.54, 1.807) is 0 Å². The first-order valence-corrected chi connectivity index (χ1v) is 4.99. The van der Waals surface area contributed by atoms with Gasteiger partial charge in [0.2, 0.25) is 0 Å². The van der Waals surface area contributed by atoms with Gasteiger partial charge in [-0.3, -0.25) is 0 Å². The van der Waals surface area contributed by atoms with Crippen molar-refractivity contribution in [3.8, 4) is 0 Å². The Kier molecular flexibility index (Phi) is 3.46. The van der Waals surface area contributed by atoms with Crippen LogP contribution in [0.3, 0.4) is 0 Å². The maximum atomic E-state index is 12.1. The van der Waals surface area contributed by atoms with Crippen LogP contribution in [0.1, 0.15) is 10.9 Å². The highest BCUT2D eigenvalue weighted by Crippen LogP contribution is 2.35. The Morgan fingerprint density at radius 3 is 2.50 bits per heavy atom. The van der Waals surface area contributed by atoms with Crippen LogP contribution in [0, 0.1) is 0 Å². The summed E-state index contributed by atoms with van der Waals surface area (Å²) in [5, 5.41) is 0. The molecule has 1 nitrogen and oxygen atoms in total. The van der Waals surface area contributed by atoms with Crippen LogP contribution < -0.4 is 5.73 Å². The molecule has 0 aliphatic rings. The van der Waals surface area contributed by atoms with Gasteiger partial charge in [0.25, 0.3) is 6.43 Å². The summed E-state index contributed by atoms with van der Waals surface area (Å²) in [7, 11) is 0. The van der Waals surface area contributed by atoms with Crippen LogP contribution in [0.5, 0.6) is 0 Å². The molecule has 1 unspecified atom stereocenters. The van der Waals surface area contributed by atoms with E-state index in [1.165, 1.54) is 6.07 Å². The normalized spacial score (nSPS) is 13.8. The van der Waals surface area contributed by atoms with Gasteiger partial charge in [-0.15, -0.1) is 11.3 Å². The zero-order chi connectivity index (χ0) is 9.30. The minimum Gasteiger partial charge on any atom is -0.319 e. The average molecular weight is 277 g/mol. The Balaban J connectivity index is 2.89. The molecule has 0 saturated carbocycles. The summed E-state index contributed by atoms with van der Waals surface area (Å²) in [5.74, 6) is 0. The summed E-state index contributed by atoms with van der Waals surface area (Å²) >= 11 is 9.83. The maximum Gasteiger partial charge on any atom is 0.258 e. The van der Waals surface area contributed by atoms with Crippen LogP contribution in [-0.2, 0) is 0 Å². The van der Waals surface area contributed by atoms with Crippen LogP contribution in [0.25, 0.3) is 0 Å². The van der Waals surface area contributed by atoms with E-state index in [0.29, 0.717) is 13.7 Å². The van der Waals surface area contributed by atoms with E-state index >= 15 is 0 Å². The first-order valence-electron chi connectivity index (χ1n) is 3.01. The second-order valence-electron chi connectivity index (χ2n) is 2.13. The molecule has 0 fully saturated rings. The highest BCUT2D eigenvalue weighted by Gasteiger charge is 2.20. The van der Waals surface area contributed by atoms with Crippen molar-refractivity contribution in [3.05, 3.63) is 19.8 Å². The van der Waals surface area contributed by atoms with Crippen molar-refractivity contribution in [2.75, 3.05) is 0 Å². The van der Waals surface area contributed by atoms with Crippen molar-refractivity contribution in [1.29, 1.82) is 0 Å². The Morgan fingerprint density at radius 2 is 2.17 bits per heavy atom. The third-order valence-corrected chi connectivity index (χ3v) is 3.84. The molecule has 0 spiro atoms. The fraction of sp³-hybridized carbons (Fsp3) is 0.333. The van der Waals surface area contributed by atoms with Gasteiger partial charge in [0, 0.05) is 9.35 Å². The molecule has 1 aromatic heterocycles. The quantitative estimate of drug-likeness (QED) is 0.880. The second-order valence-corrected chi connectivity index (χ2v) is 4.67. The third kappa shape index (κ3) is 2.16. The van der Waals surface area contributed by atoms with Gasteiger partial charge in [0.05, 0.1) is 0 Å². The topological polar surface area (TPSA) is 26.0 Å². The molecular formula is C6H5BrClF2NS. The highest BCUT2D eigenvalue weighted by molar-refractivity contribution is 9.10. The molecule has 0 aromatic carbocycles. The monoisotopic (exact) mass is 275 g/mol. The van der Waals surface area contributed by atoms with Crippen LogP contribution in [0.15, 0.2) is 10.5 Å². The molecule has 0 saturated heterocycles. The fourth-order valence-corrected chi connectivity index (χ4v) is 2.39. The van der Waals surface area contributed by atoms with Crippen LogP contribution >= 0.6 is 38.9 Å². The minimum atomic E-state index is -2.55. The van der Waals surface area contributed by atoms with E-state index in [4.69, 9.17) is 17.3 Å². The number of alkyl halides is 2. The molecule has 1 rings (SSSR count). The molecule has 1 heterocycles. The van der Waals surface area contributed by atoms with Gasteiger partial charge >= 0.3 is 0 Å². The van der Waals surface area contributed by atoms with Gasteiger partial charge in [0.1, 0.15) is 10.4 Å². The van der Waals surface area contributed by atoms with Crippen molar-refractivity contribution in [3.63, 3.8) is 0 Å². The molecule has 12 heavy (non-hydrogen) atoms. The average Bonchev–Trinajstić information content (AvgIpc) is 2.30. The first kappa shape index (κ1) is 10.4. The summed E-state index contributed by atoms with van der Waals surface area (Å²) in [6.45, 7) is 0. The lowest BCUT2D eigenvalue weighted by Gasteiger charge is -2.05. The molecule has 6 heteroatoms. The molecule has 0 aliphatic carbocycles. The Bertz CT molecular complexity index is 259. The standard InChI is InChI=1S/C6H5BrClF2NS/c7-2-1-3(12-5(2)8)4(11)6(9)10/h1,4,6H,11H2. The smallest absolute Gasteiger partial charge is 0.258 e. The molecule has 0 amide bonds. The van der Waals surface area contributed by atoms with Crippen molar-refractivity contribution in [1.82, 2.24) is 0 Å². The SMILES string of the molecule is NC(c1cc(Br)c(Cl)s1)C(F)F. The molecule has 0 bridgehead atoms. The van der Waals surface area contributed by atoms with E-state index in [9.17, 15) is 8.78 Å². The zero-order valence-corrected chi connectivity index (χ0v) is 8.89. The lowest BCUT2D eigenvalue weighted by molar-refractivity contribution is 0.118. The summed E-state index contributed by atoms with van der Waals surface area (Å²) < 4.78 is 25.2. The predicted octanol–water partition coefficient (Wildman–Crippen LogP) is 3.43. The van der Waals surface area contributed by atoms with E-state index in [2.05, 4.69) is 15.9 Å². The zero-order valence-electron chi connectivity index (χ0n) is 5.73. The Labute approximate surface area is 85.6 Å². The van der Waals surface area contributed by atoms with Gasteiger partial charge in [0.15, 0.2) is 0 Å². The number of nitrogens with two attached hydrogens (primary N) is 1. The van der Waals surface area contributed by atoms with Crippen molar-refractivity contribution in [2.45, 2.75) is 12.5 Å². The number of halogens is 4. The van der Waals surface area contributed by atoms with Crippen molar-refractivity contribution >= 4 is 38.9 Å². The van der Waals surface area contributed by atoms with Crippen molar-refractivity contribution in [2.24, 2.45) is 5.73 Å². The van der Waals surface area contributed by atoms with E-state index in [1.807, 2.05) is 0 Å². The molecular weight excluding hydrogens is 271 g/mol. The largest absolute Gasteiger partial charge is 0.319 e.